The number of nitrogens with zero attached hydrogens (tertiary/aromatic N) is 1. The second-order valence-corrected chi connectivity index (χ2v) is 4.85. The van der Waals surface area contributed by atoms with Crippen LogP contribution in [0.1, 0.15) is 23.7 Å². The molecule has 0 aliphatic rings. The smallest absolute Gasteiger partial charge is 0.399 e. The molecule has 0 aliphatic heterocycles. The van der Waals surface area contributed by atoms with Crippen LogP contribution in [0, 0.1) is 0 Å². The van der Waals surface area contributed by atoms with Crippen LogP contribution >= 0.6 is 0 Å². The number of anilines is 1. The van der Waals surface area contributed by atoms with Crippen LogP contribution in [0.25, 0.3) is 10.9 Å². The molecule has 114 valence electrons. The number of H-pyrrole nitrogens is 1. The number of halogens is 3. The quantitative estimate of drug-likeness (QED) is 0.852. The maximum Gasteiger partial charge on any atom is 0.406 e. The third kappa shape index (κ3) is 3.48. The molecule has 0 spiro atoms. The molecule has 21 heavy (non-hydrogen) atoms. The van der Waals surface area contributed by atoms with Crippen molar-refractivity contribution in [3.8, 4) is 0 Å². The Morgan fingerprint density at radius 1 is 1.38 bits per heavy atom. The summed E-state index contributed by atoms with van der Waals surface area (Å²) in [6.07, 6.45) is -2.54. The second kappa shape index (κ2) is 5.67. The number of aromatic amines is 1. The normalized spacial score (nSPS) is 11.8. The minimum Gasteiger partial charge on any atom is -0.399 e. The molecule has 0 saturated heterocycles. The summed E-state index contributed by atoms with van der Waals surface area (Å²) in [6, 6.07) is 4.88. The number of nitrogens with one attached hydrogen (secondary N) is 1. The average Bonchev–Trinajstić information content (AvgIpc) is 2.78. The number of alkyl halides is 3. The lowest BCUT2D eigenvalue weighted by atomic mass is 10.1. The number of nitrogens with two attached hydrogens (primary N) is 1. The van der Waals surface area contributed by atoms with Crippen LogP contribution in [0.2, 0.25) is 0 Å². The van der Waals surface area contributed by atoms with Gasteiger partial charge in [-0.3, -0.25) is 4.79 Å². The maximum absolute atomic E-state index is 12.6. The lowest BCUT2D eigenvalue weighted by molar-refractivity contribution is -0.140. The summed E-state index contributed by atoms with van der Waals surface area (Å²) < 4.78 is 37.7. The molecule has 3 N–H and O–H groups in total. The van der Waals surface area contributed by atoms with E-state index in [9.17, 15) is 18.0 Å². The van der Waals surface area contributed by atoms with Crippen molar-refractivity contribution in [3.63, 3.8) is 0 Å². The van der Waals surface area contributed by atoms with Gasteiger partial charge in [-0.25, -0.2) is 0 Å². The van der Waals surface area contributed by atoms with Gasteiger partial charge in [0.05, 0.1) is 5.56 Å². The summed E-state index contributed by atoms with van der Waals surface area (Å²) in [5.74, 6) is -0.634. The summed E-state index contributed by atoms with van der Waals surface area (Å²) in [5, 5.41) is 0.567. The summed E-state index contributed by atoms with van der Waals surface area (Å²) >= 11 is 0. The molecule has 1 heterocycles. The van der Waals surface area contributed by atoms with Crippen molar-refractivity contribution >= 4 is 22.5 Å². The van der Waals surface area contributed by atoms with Crippen LogP contribution in [0.4, 0.5) is 18.9 Å². The van der Waals surface area contributed by atoms with Crippen molar-refractivity contribution in [2.75, 3.05) is 18.8 Å². The summed E-state index contributed by atoms with van der Waals surface area (Å²) in [7, 11) is 0. The van der Waals surface area contributed by atoms with Crippen molar-refractivity contribution in [3.05, 3.63) is 30.0 Å². The van der Waals surface area contributed by atoms with Gasteiger partial charge in [-0.15, -0.1) is 0 Å². The van der Waals surface area contributed by atoms with E-state index in [4.69, 9.17) is 5.73 Å². The Labute approximate surface area is 119 Å². The molecule has 1 aromatic heterocycles. The molecule has 0 unspecified atom stereocenters. The van der Waals surface area contributed by atoms with Gasteiger partial charge in [0.25, 0.3) is 5.91 Å². The van der Waals surface area contributed by atoms with Gasteiger partial charge < -0.3 is 15.6 Å². The predicted molar refractivity (Wildman–Crippen MR) is 75.0 cm³/mol. The third-order valence-electron chi connectivity index (χ3n) is 3.09. The molecule has 1 aromatic carbocycles. The molecule has 0 aliphatic carbocycles. The summed E-state index contributed by atoms with van der Waals surface area (Å²) in [5.41, 5.74) is 7.00. The third-order valence-corrected chi connectivity index (χ3v) is 3.09. The number of rotatable bonds is 4. The van der Waals surface area contributed by atoms with Crippen LogP contribution < -0.4 is 5.73 Å². The molecule has 0 bridgehead atoms. The van der Waals surface area contributed by atoms with Crippen LogP contribution in [-0.4, -0.2) is 35.1 Å². The van der Waals surface area contributed by atoms with Gasteiger partial charge in [0.2, 0.25) is 0 Å². The van der Waals surface area contributed by atoms with E-state index in [0.717, 1.165) is 4.90 Å². The number of nitrogen functional groups attached to an aromatic ring is 1. The van der Waals surface area contributed by atoms with Crippen molar-refractivity contribution in [1.82, 2.24) is 9.88 Å². The number of hydrogen-bond donors (Lipinski definition) is 2. The highest BCUT2D eigenvalue weighted by atomic mass is 19.4. The first-order chi connectivity index (χ1) is 9.81. The monoisotopic (exact) mass is 299 g/mol. The average molecular weight is 299 g/mol. The largest absolute Gasteiger partial charge is 0.406 e. The van der Waals surface area contributed by atoms with Crippen LogP contribution in [0.5, 0.6) is 0 Å². The first-order valence-corrected chi connectivity index (χ1v) is 6.54. The van der Waals surface area contributed by atoms with Crippen molar-refractivity contribution in [2.45, 2.75) is 19.5 Å². The lowest BCUT2D eigenvalue weighted by Gasteiger charge is -2.23. The van der Waals surface area contributed by atoms with Crippen molar-refractivity contribution in [1.29, 1.82) is 0 Å². The van der Waals surface area contributed by atoms with Gasteiger partial charge in [0, 0.05) is 29.3 Å². The van der Waals surface area contributed by atoms with Gasteiger partial charge in [0.15, 0.2) is 0 Å². The van der Waals surface area contributed by atoms with E-state index in [1.807, 2.05) is 0 Å². The van der Waals surface area contributed by atoms with Crippen molar-refractivity contribution in [2.24, 2.45) is 0 Å². The van der Waals surface area contributed by atoms with Crippen molar-refractivity contribution < 1.29 is 18.0 Å². The SMILES string of the molecule is CCCN(CC(F)(F)F)C(=O)c1c[nH]c2cc(N)ccc12. The van der Waals surface area contributed by atoms with Gasteiger partial charge in [-0.05, 0) is 24.6 Å². The molecule has 7 heteroatoms. The highest BCUT2D eigenvalue weighted by Gasteiger charge is 2.33. The minimum absolute atomic E-state index is 0.0555. The van der Waals surface area contributed by atoms with Crippen LogP contribution in [0.15, 0.2) is 24.4 Å². The molecule has 0 saturated carbocycles. The van der Waals surface area contributed by atoms with Crippen LogP contribution in [0.3, 0.4) is 0 Å². The van der Waals surface area contributed by atoms with E-state index < -0.39 is 18.6 Å². The number of carbonyl (C=O) groups excluding carboxylic acids is 1. The Bertz CT molecular complexity index is 648. The number of amides is 1. The molecule has 0 fully saturated rings. The van der Waals surface area contributed by atoms with E-state index >= 15 is 0 Å². The Morgan fingerprint density at radius 3 is 2.71 bits per heavy atom. The molecule has 4 nitrogen and oxygen atoms in total. The molecule has 0 radical (unpaired) electrons. The van der Waals surface area contributed by atoms with E-state index in [1.165, 1.54) is 6.20 Å². The highest BCUT2D eigenvalue weighted by Crippen LogP contribution is 2.24. The first kappa shape index (κ1) is 15.2. The molecule has 2 rings (SSSR count). The zero-order chi connectivity index (χ0) is 15.6. The lowest BCUT2D eigenvalue weighted by Crippen LogP contribution is -2.39. The van der Waals surface area contributed by atoms with E-state index in [2.05, 4.69) is 4.98 Å². The molecular weight excluding hydrogens is 283 g/mol. The van der Waals surface area contributed by atoms with Gasteiger partial charge >= 0.3 is 6.18 Å². The predicted octanol–water partition coefficient (Wildman–Crippen LogP) is 3.16. The Kier molecular flexibility index (Phi) is 4.11. The van der Waals surface area contributed by atoms with Gasteiger partial charge in [-0.1, -0.05) is 6.92 Å². The fourth-order valence-corrected chi connectivity index (χ4v) is 2.23. The number of fused-ring (bicyclic) bond motifs is 1. The number of benzene rings is 1. The Balaban J connectivity index is 2.34. The summed E-state index contributed by atoms with van der Waals surface area (Å²) in [4.78, 5) is 16.0. The zero-order valence-electron chi connectivity index (χ0n) is 11.5. The number of carbonyl (C=O) groups is 1. The maximum atomic E-state index is 12.6. The second-order valence-electron chi connectivity index (χ2n) is 4.85. The topological polar surface area (TPSA) is 62.1 Å². The zero-order valence-corrected chi connectivity index (χ0v) is 11.5. The molecule has 0 atom stereocenters. The minimum atomic E-state index is -4.42. The van der Waals surface area contributed by atoms with Gasteiger partial charge in [-0.2, -0.15) is 13.2 Å². The van der Waals surface area contributed by atoms with Crippen LogP contribution in [-0.2, 0) is 0 Å². The first-order valence-electron chi connectivity index (χ1n) is 6.54. The van der Waals surface area contributed by atoms with E-state index in [-0.39, 0.29) is 12.1 Å². The Morgan fingerprint density at radius 2 is 2.10 bits per heavy atom. The van der Waals surface area contributed by atoms with E-state index in [0.29, 0.717) is 23.0 Å². The standard InChI is InChI=1S/C14H16F3N3O/c1-2-5-20(8-14(15,16)17)13(21)11-7-19-12-6-9(18)3-4-10(11)12/h3-4,6-7,19H,2,5,8,18H2,1H3. The number of aromatic nitrogens is 1. The fraction of sp³-hybridized carbons (Fsp3) is 0.357. The summed E-state index contributed by atoms with van der Waals surface area (Å²) in [6.45, 7) is 0.536. The molecule has 1 amide bonds. The van der Waals surface area contributed by atoms with E-state index in [1.54, 1.807) is 25.1 Å². The number of hydrogen-bond acceptors (Lipinski definition) is 2. The highest BCUT2D eigenvalue weighted by molar-refractivity contribution is 6.07. The van der Waals surface area contributed by atoms with Gasteiger partial charge in [0.1, 0.15) is 6.54 Å². The molecule has 2 aromatic rings. The fourth-order valence-electron chi connectivity index (χ4n) is 2.23. The molecular formula is C14H16F3N3O. The Hall–Kier alpha value is -2.18.